The van der Waals surface area contributed by atoms with E-state index in [1.54, 1.807) is 12.1 Å². The number of carbonyl (C=O) groups is 1. The van der Waals surface area contributed by atoms with Gasteiger partial charge in [-0.15, -0.1) is 0 Å². The number of halogens is 1. The predicted octanol–water partition coefficient (Wildman–Crippen LogP) is 2.89. The Bertz CT molecular complexity index is 569. The van der Waals surface area contributed by atoms with Gasteiger partial charge in [-0.2, -0.15) is 0 Å². The lowest BCUT2D eigenvalue weighted by Crippen LogP contribution is -2.12. The van der Waals surface area contributed by atoms with E-state index in [1.807, 2.05) is 24.3 Å². The lowest BCUT2D eigenvalue weighted by atomic mass is 10.1. The van der Waals surface area contributed by atoms with Crippen molar-refractivity contribution in [1.82, 2.24) is 4.98 Å². The zero-order chi connectivity index (χ0) is 13.7. The van der Waals surface area contributed by atoms with Crippen molar-refractivity contribution in [3.05, 3.63) is 53.3 Å². The molecule has 3 N–H and O–H groups in total. The Morgan fingerprint density at radius 3 is 2.74 bits per heavy atom. The molecule has 2 rings (SSSR count). The van der Waals surface area contributed by atoms with Gasteiger partial charge in [0.15, 0.2) is 0 Å². The van der Waals surface area contributed by atoms with Gasteiger partial charge in [-0.25, -0.2) is 4.98 Å². The molecular weight excluding hydrogens is 262 g/mol. The predicted molar refractivity (Wildman–Crippen MR) is 77.1 cm³/mol. The smallest absolute Gasteiger partial charge is 0.224 e. The van der Waals surface area contributed by atoms with Crippen LogP contribution in [0.3, 0.4) is 0 Å². The molecule has 5 heteroatoms. The fourth-order valence-electron chi connectivity index (χ4n) is 1.68. The minimum atomic E-state index is -0.0765. The number of rotatable bonds is 4. The number of benzene rings is 1. The van der Waals surface area contributed by atoms with Gasteiger partial charge in [0, 0.05) is 12.1 Å². The molecule has 1 aromatic carbocycles. The number of nitrogens with zero attached hydrogens (tertiary/aromatic N) is 1. The van der Waals surface area contributed by atoms with Crippen LogP contribution in [0.5, 0.6) is 0 Å². The monoisotopic (exact) mass is 275 g/mol. The lowest BCUT2D eigenvalue weighted by molar-refractivity contribution is -0.116. The number of aryl methyl sites for hydroxylation is 1. The maximum absolute atomic E-state index is 11.8. The maximum atomic E-state index is 11.8. The SMILES string of the molecule is Nc1ccccc1CCC(=O)Nc1ccc(Cl)nc1. The molecule has 0 saturated carbocycles. The summed E-state index contributed by atoms with van der Waals surface area (Å²) in [6.45, 7) is 0. The summed E-state index contributed by atoms with van der Waals surface area (Å²) in [6.07, 6.45) is 2.51. The Morgan fingerprint density at radius 2 is 2.05 bits per heavy atom. The van der Waals surface area contributed by atoms with Crippen LogP contribution >= 0.6 is 11.6 Å². The average molecular weight is 276 g/mol. The summed E-state index contributed by atoms with van der Waals surface area (Å²) in [6, 6.07) is 10.9. The van der Waals surface area contributed by atoms with E-state index in [1.165, 1.54) is 6.20 Å². The number of nitrogens with one attached hydrogen (secondary N) is 1. The molecule has 4 nitrogen and oxygen atoms in total. The van der Waals surface area contributed by atoms with Crippen LogP contribution in [0.2, 0.25) is 5.15 Å². The summed E-state index contributed by atoms with van der Waals surface area (Å²) in [5, 5.41) is 3.16. The van der Waals surface area contributed by atoms with Gasteiger partial charge in [0.2, 0.25) is 5.91 Å². The minimum absolute atomic E-state index is 0.0765. The average Bonchev–Trinajstić information content (AvgIpc) is 2.40. The quantitative estimate of drug-likeness (QED) is 0.666. The Hall–Kier alpha value is -2.07. The van der Waals surface area contributed by atoms with Gasteiger partial charge in [0.05, 0.1) is 11.9 Å². The number of pyridine rings is 1. The van der Waals surface area contributed by atoms with Crippen LogP contribution in [0.25, 0.3) is 0 Å². The zero-order valence-corrected chi connectivity index (χ0v) is 11.0. The highest BCUT2D eigenvalue weighted by Gasteiger charge is 2.05. The number of nitrogens with two attached hydrogens (primary N) is 1. The Morgan fingerprint density at radius 1 is 1.26 bits per heavy atom. The second kappa shape index (κ2) is 6.20. The van der Waals surface area contributed by atoms with Crippen LogP contribution in [-0.4, -0.2) is 10.9 Å². The first-order valence-corrected chi connectivity index (χ1v) is 6.28. The van der Waals surface area contributed by atoms with E-state index in [0.717, 1.165) is 5.56 Å². The largest absolute Gasteiger partial charge is 0.399 e. The second-order valence-corrected chi connectivity index (χ2v) is 4.50. The van der Waals surface area contributed by atoms with E-state index < -0.39 is 0 Å². The Balaban J connectivity index is 1.88. The highest BCUT2D eigenvalue weighted by atomic mass is 35.5. The van der Waals surface area contributed by atoms with Crippen molar-refractivity contribution >= 4 is 28.9 Å². The molecule has 0 unspecified atom stereocenters. The molecule has 1 amide bonds. The van der Waals surface area contributed by atoms with Crippen molar-refractivity contribution in [2.45, 2.75) is 12.8 Å². The first kappa shape index (κ1) is 13.4. The summed E-state index contributed by atoms with van der Waals surface area (Å²) in [5.74, 6) is -0.0765. The van der Waals surface area contributed by atoms with Gasteiger partial charge < -0.3 is 11.1 Å². The summed E-state index contributed by atoms with van der Waals surface area (Å²) < 4.78 is 0. The van der Waals surface area contributed by atoms with Crippen LogP contribution in [0, 0.1) is 0 Å². The maximum Gasteiger partial charge on any atom is 0.224 e. The van der Waals surface area contributed by atoms with E-state index in [0.29, 0.717) is 29.4 Å². The van der Waals surface area contributed by atoms with Crippen LogP contribution in [0.15, 0.2) is 42.6 Å². The fraction of sp³-hybridized carbons (Fsp3) is 0.143. The Labute approximate surface area is 116 Å². The molecular formula is C14H14ClN3O. The number of hydrogen-bond acceptors (Lipinski definition) is 3. The highest BCUT2D eigenvalue weighted by molar-refractivity contribution is 6.29. The highest BCUT2D eigenvalue weighted by Crippen LogP contribution is 2.14. The van der Waals surface area contributed by atoms with Gasteiger partial charge in [0.25, 0.3) is 0 Å². The summed E-state index contributed by atoms with van der Waals surface area (Å²) in [4.78, 5) is 15.7. The van der Waals surface area contributed by atoms with Crippen LogP contribution < -0.4 is 11.1 Å². The zero-order valence-electron chi connectivity index (χ0n) is 10.3. The molecule has 0 aliphatic heterocycles. The van der Waals surface area contributed by atoms with Gasteiger partial charge >= 0.3 is 0 Å². The molecule has 0 fully saturated rings. The number of anilines is 2. The van der Waals surface area contributed by atoms with Crippen molar-refractivity contribution in [2.75, 3.05) is 11.1 Å². The third-order valence-corrected chi connectivity index (χ3v) is 2.91. The number of aromatic nitrogens is 1. The van der Waals surface area contributed by atoms with Gasteiger partial charge in [-0.1, -0.05) is 29.8 Å². The molecule has 2 aromatic rings. The normalized spacial score (nSPS) is 10.2. The van der Waals surface area contributed by atoms with Crippen molar-refractivity contribution in [1.29, 1.82) is 0 Å². The standard InChI is InChI=1S/C14H14ClN3O/c15-13-7-6-11(9-17-13)18-14(19)8-5-10-3-1-2-4-12(10)16/h1-4,6-7,9H,5,8,16H2,(H,18,19). The molecule has 98 valence electrons. The van der Waals surface area contributed by atoms with Crippen molar-refractivity contribution < 1.29 is 4.79 Å². The molecule has 1 heterocycles. The summed E-state index contributed by atoms with van der Waals surface area (Å²) in [7, 11) is 0. The third-order valence-electron chi connectivity index (χ3n) is 2.69. The minimum Gasteiger partial charge on any atom is -0.399 e. The van der Waals surface area contributed by atoms with E-state index in [-0.39, 0.29) is 5.91 Å². The number of carbonyl (C=O) groups excluding carboxylic acids is 1. The molecule has 1 aromatic heterocycles. The van der Waals surface area contributed by atoms with Gasteiger partial charge in [-0.3, -0.25) is 4.79 Å². The fourth-order valence-corrected chi connectivity index (χ4v) is 1.80. The van der Waals surface area contributed by atoms with E-state index in [4.69, 9.17) is 17.3 Å². The van der Waals surface area contributed by atoms with Crippen LogP contribution in [0.1, 0.15) is 12.0 Å². The summed E-state index contributed by atoms with van der Waals surface area (Å²) in [5.41, 5.74) is 8.14. The summed E-state index contributed by atoms with van der Waals surface area (Å²) >= 11 is 5.67. The second-order valence-electron chi connectivity index (χ2n) is 4.12. The topological polar surface area (TPSA) is 68.0 Å². The van der Waals surface area contributed by atoms with Crippen molar-refractivity contribution in [3.63, 3.8) is 0 Å². The lowest BCUT2D eigenvalue weighted by Gasteiger charge is -2.06. The molecule has 0 saturated heterocycles. The third kappa shape index (κ3) is 3.96. The molecule has 0 aliphatic carbocycles. The van der Waals surface area contributed by atoms with E-state index in [2.05, 4.69) is 10.3 Å². The van der Waals surface area contributed by atoms with Crippen molar-refractivity contribution in [2.24, 2.45) is 0 Å². The number of para-hydroxylation sites is 1. The molecule has 0 spiro atoms. The number of amides is 1. The van der Waals surface area contributed by atoms with Crippen molar-refractivity contribution in [3.8, 4) is 0 Å². The number of hydrogen-bond donors (Lipinski definition) is 2. The van der Waals surface area contributed by atoms with E-state index >= 15 is 0 Å². The van der Waals surface area contributed by atoms with Crippen LogP contribution in [-0.2, 0) is 11.2 Å². The van der Waals surface area contributed by atoms with Crippen LogP contribution in [0.4, 0.5) is 11.4 Å². The molecule has 0 atom stereocenters. The molecule has 0 aliphatic rings. The first-order chi connectivity index (χ1) is 9.15. The molecule has 0 radical (unpaired) electrons. The Kier molecular flexibility index (Phi) is 4.36. The first-order valence-electron chi connectivity index (χ1n) is 5.90. The molecule has 0 bridgehead atoms. The van der Waals surface area contributed by atoms with Gasteiger partial charge in [-0.05, 0) is 30.2 Å². The van der Waals surface area contributed by atoms with Gasteiger partial charge in [0.1, 0.15) is 5.15 Å². The molecule has 19 heavy (non-hydrogen) atoms. The van der Waals surface area contributed by atoms with E-state index in [9.17, 15) is 4.79 Å². The number of nitrogen functional groups attached to an aromatic ring is 1.